The molecule has 1 saturated heterocycles. The Morgan fingerprint density at radius 2 is 2.11 bits per heavy atom. The number of hydrogen-bond acceptors (Lipinski definition) is 4. The zero-order valence-electron chi connectivity index (χ0n) is 12.1. The van der Waals surface area contributed by atoms with Gasteiger partial charge in [-0.15, -0.1) is 0 Å². The summed E-state index contributed by atoms with van der Waals surface area (Å²) in [5.74, 6) is 0.893. The molecule has 106 valence electrons. The lowest BCUT2D eigenvalue weighted by atomic mass is 9.75. The lowest BCUT2D eigenvalue weighted by Gasteiger charge is -2.46. The van der Waals surface area contributed by atoms with E-state index in [9.17, 15) is 5.11 Å². The van der Waals surface area contributed by atoms with Crippen LogP contribution in [0.2, 0.25) is 0 Å². The summed E-state index contributed by atoms with van der Waals surface area (Å²) in [5.41, 5.74) is 3.16. The predicted octanol–water partition coefficient (Wildman–Crippen LogP) is 1.58. The molecule has 0 radical (unpaired) electrons. The summed E-state index contributed by atoms with van der Waals surface area (Å²) in [7, 11) is 3.61. The van der Waals surface area contributed by atoms with Crippen LogP contribution in [0.4, 0.5) is 0 Å². The Kier molecular flexibility index (Phi) is 4.13. The second-order valence-electron chi connectivity index (χ2n) is 5.44. The van der Waals surface area contributed by atoms with E-state index in [0.717, 1.165) is 16.9 Å². The topological polar surface area (TPSA) is 50.7 Å². The Bertz CT molecular complexity index is 449. The minimum absolute atomic E-state index is 0.0276. The van der Waals surface area contributed by atoms with Gasteiger partial charge in [0.1, 0.15) is 5.75 Å². The maximum Gasteiger partial charge on any atom is 0.126 e. The van der Waals surface area contributed by atoms with E-state index in [1.54, 1.807) is 7.11 Å². The van der Waals surface area contributed by atoms with Gasteiger partial charge in [-0.3, -0.25) is 0 Å². The molecule has 0 saturated carbocycles. The SMILES string of the molecule is CNC(c1cc(C)cc(C)c1OC)C1(CO)COC1. The molecule has 4 nitrogen and oxygen atoms in total. The number of aryl methyl sites for hydroxylation is 2. The van der Waals surface area contributed by atoms with Crippen LogP contribution in [0.5, 0.6) is 5.75 Å². The first-order valence-corrected chi connectivity index (χ1v) is 6.59. The van der Waals surface area contributed by atoms with Crippen molar-refractivity contribution in [2.75, 3.05) is 34.0 Å². The van der Waals surface area contributed by atoms with Gasteiger partial charge < -0.3 is 19.9 Å². The molecule has 0 aliphatic carbocycles. The third-order valence-electron chi connectivity index (χ3n) is 3.96. The van der Waals surface area contributed by atoms with E-state index in [4.69, 9.17) is 9.47 Å². The summed E-state index contributed by atoms with van der Waals surface area (Å²) in [4.78, 5) is 0. The van der Waals surface area contributed by atoms with Gasteiger partial charge in [0.15, 0.2) is 0 Å². The fourth-order valence-corrected chi connectivity index (χ4v) is 2.99. The van der Waals surface area contributed by atoms with Crippen molar-refractivity contribution in [1.29, 1.82) is 0 Å². The monoisotopic (exact) mass is 265 g/mol. The van der Waals surface area contributed by atoms with E-state index in [-0.39, 0.29) is 18.1 Å². The van der Waals surface area contributed by atoms with Crippen molar-refractivity contribution in [3.05, 3.63) is 28.8 Å². The summed E-state index contributed by atoms with van der Waals surface area (Å²) in [5, 5.41) is 13.1. The third-order valence-corrected chi connectivity index (χ3v) is 3.96. The number of aliphatic hydroxyl groups excluding tert-OH is 1. The van der Waals surface area contributed by atoms with E-state index in [0.29, 0.717) is 13.2 Å². The predicted molar refractivity (Wildman–Crippen MR) is 74.6 cm³/mol. The van der Waals surface area contributed by atoms with E-state index in [1.807, 2.05) is 14.0 Å². The number of hydrogen-bond donors (Lipinski definition) is 2. The number of benzene rings is 1. The number of rotatable bonds is 5. The van der Waals surface area contributed by atoms with Gasteiger partial charge in [0.2, 0.25) is 0 Å². The van der Waals surface area contributed by atoms with Gasteiger partial charge in [0.05, 0.1) is 32.3 Å². The maximum absolute atomic E-state index is 9.74. The molecule has 0 spiro atoms. The molecule has 0 aromatic heterocycles. The van der Waals surface area contributed by atoms with Crippen molar-refractivity contribution >= 4 is 0 Å². The highest BCUT2D eigenvalue weighted by Crippen LogP contribution is 2.44. The molecule has 19 heavy (non-hydrogen) atoms. The Morgan fingerprint density at radius 3 is 2.53 bits per heavy atom. The van der Waals surface area contributed by atoms with Crippen molar-refractivity contribution in [3.8, 4) is 5.75 Å². The summed E-state index contributed by atoms with van der Waals surface area (Å²) in [6.45, 7) is 5.38. The standard InChI is InChI=1S/C15H23NO3/c1-10-5-11(2)13(18-4)12(6-10)14(16-3)15(7-17)8-19-9-15/h5-6,14,16-17H,7-9H2,1-4H3. The van der Waals surface area contributed by atoms with Crippen molar-refractivity contribution in [1.82, 2.24) is 5.32 Å². The van der Waals surface area contributed by atoms with Gasteiger partial charge in [-0.1, -0.05) is 17.7 Å². The van der Waals surface area contributed by atoms with Crippen LogP contribution in [-0.2, 0) is 4.74 Å². The molecule has 1 unspecified atom stereocenters. The van der Waals surface area contributed by atoms with Gasteiger partial charge in [0.25, 0.3) is 0 Å². The Morgan fingerprint density at radius 1 is 1.42 bits per heavy atom. The summed E-state index contributed by atoms with van der Waals surface area (Å²) >= 11 is 0. The quantitative estimate of drug-likeness (QED) is 0.848. The second-order valence-corrected chi connectivity index (χ2v) is 5.44. The highest BCUT2D eigenvalue weighted by atomic mass is 16.5. The molecule has 0 bridgehead atoms. The molecule has 2 N–H and O–H groups in total. The number of nitrogens with one attached hydrogen (secondary N) is 1. The lowest BCUT2D eigenvalue weighted by molar-refractivity contribution is -0.155. The molecule has 1 aliphatic heterocycles. The lowest BCUT2D eigenvalue weighted by Crippen LogP contribution is -2.53. The smallest absolute Gasteiger partial charge is 0.126 e. The Balaban J connectivity index is 2.48. The Hall–Kier alpha value is -1.10. The van der Waals surface area contributed by atoms with Crippen molar-refractivity contribution in [2.24, 2.45) is 5.41 Å². The van der Waals surface area contributed by atoms with Crippen molar-refractivity contribution in [2.45, 2.75) is 19.9 Å². The molecular formula is C15H23NO3. The fourth-order valence-electron chi connectivity index (χ4n) is 2.99. The normalized spacial score (nSPS) is 18.8. The van der Waals surface area contributed by atoms with Crippen LogP contribution in [0.25, 0.3) is 0 Å². The van der Waals surface area contributed by atoms with Crippen molar-refractivity contribution in [3.63, 3.8) is 0 Å². The molecule has 1 fully saturated rings. The number of methoxy groups -OCH3 is 1. The van der Waals surface area contributed by atoms with E-state index < -0.39 is 0 Å². The van der Waals surface area contributed by atoms with Crippen LogP contribution >= 0.6 is 0 Å². The van der Waals surface area contributed by atoms with Gasteiger partial charge in [0, 0.05) is 11.6 Å². The zero-order valence-corrected chi connectivity index (χ0v) is 12.1. The third kappa shape index (κ3) is 2.36. The molecule has 2 rings (SSSR count). The first kappa shape index (κ1) is 14.3. The van der Waals surface area contributed by atoms with E-state index >= 15 is 0 Å². The highest BCUT2D eigenvalue weighted by molar-refractivity contribution is 5.46. The molecular weight excluding hydrogens is 242 g/mol. The molecule has 0 amide bonds. The van der Waals surface area contributed by atoms with Gasteiger partial charge >= 0.3 is 0 Å². The minimum Gasteiger partial charge on any atom is -0.496 e. The molecule has 1 aliphatic rings. The van der Waals surface area contributed by atoms with Crippen LogP contribution in [0.15, 0.2) is 12.1 Å². The summed E-state index contributed by atoms with van der Waals surface area (Å²) < 4.78 is 10.9. The van der Waals surface area contributed by atoms with Crippen LogP contribution in [0, 0.1) is 19.3 Å². The average Bonchev–Trinajstić information content (AvgIpc) is 2.32. The zero-order chi connectivity index (χ0) is 14.0. The Labute approximate surface area is 114 Å². The van der Waals surface area contributed by atoms with Gasteiger partial charge in [-0.2, -0.15) is 0 Å². The largest absolute Gasteiger partial charge is 0.496 e. The van der Waals surface area contributed by atoms with Gasteiger partial charge in [-0.25, -0.2) is 0 Å². The van der Waals surface area contributed by atoms with Crippen LogP contribution in [0.3, 0.4) is 0 Å². The van der Waals surface area contributed by atoms with Crippen LogP contribution in [-0.4, -0.2) is 39.1 Å². The second kappa shape index (κ2) is 5.49. The maximum atomic E-state index is 9.74. The van der Waals surface area contributed by atoms with Crippen molar-refractivity contribution < 1.29 is 14.6 Å². The first-order valence-electron chi connectivity index (χ1n) is 6.59. The molecule has 1 aromatic rings. The number of ether oxygens (including phenoxy) is 2. The fraction of sp³-hybridized carbons (Fsp3) is 0.600. The van der Waals surface area contributed by atoms with Crippen LogP contribution < -0.4 is 10.1 Å². The summed E-state index contributed by atoms with van der Waals surface area (Å²) in [6.07, 6.45) is 0. The minimum atomic E-state index is -0.248. The van der Waals surface area contributed by atoms with Gasteiger partial charge in [-0.05, 0) is 26.5 Å². The first-order chi connectivity index (χ1) is 9.07. The van der Waals surface area contributed by atoms with E-state index in [2.05, 4.69) is 24.4 Å². The molecule has 1 aromatic carbocycles. The highest BCUT2D eigenvalue weighted by Gasteiger charge is 2.46. The number of aliphatic hydroxyl groups is 1. The molecule has 1 atom stereocenters. The average molecular weight is 265 g/mol. The van der Waals surface area contributed by atoms with E-state index in [1.165, 1.54) is 5.56 Å². The molecule has 4 heteroatoms. The van der Waals surface area contributed by atoms with Crippen LogP contribution in [0.1, 0.15) is 22.7 Å². The molecule has 1 heterocycles. The summed E-state index contributed by atoms with van der Waals surface area (Å²) in [6, 6.07) is 4.26.